The molecule has 178 valence electrons. The number of hydrogen-bond donors (Lipinski definition) is 0. The Morgan fingerprint density at radius 3 is 2.57 bits per heavy atom. The smallest absolute Gasteiger partial charge is 0.343 e. The molecule has 0 saturated carbocycles. The molecule has 0 N–H and O–H groups in total. The number of carbonyl (C=O) groups excluding carboxylic acids is 1. The van der Waals surface area contributed by atoms with E-state index in [2.05, 4.69) is 0 Å². The molecule has 0 atom stereocenters. The number of carbonyl (C=O) groups is 1. The van der Waals surface area contributed by atoms with Crippen molar-refractivity contribution >= 4 is 16.9 Å². The summed E-state index contributed by atoms with van der Waals surface area (Å²) in [5, 5.41) is 0.415. The van der Waals surface area contributed by atoms with Gasteiger partial charge in [-0.25, -0.2) is 4.79 Å². The molecule has 1 aliphatic heterocycles. The molecule has 0 radical (unpaired) electrons. The van der Waals surface area contributed by atoms with Crippen LogP contribution in [0.25, 0.3) is 22.1 Å². The van der Waals surface area contributed by atoms with Gasteiger partial charge in [-0.1, -0.05) is 19.1 Å². The first-order valence-corrected chi connectivity index (χ1v) is 11.3. The van der Waals surface area contributed by atoms with Gasteiger partial charge in [-0.3, -0.25) is 4.79 Å². The number of esters is 1. The maximum atomic E-state index is 13.6. The van der Waals surface area contributed by atoms with Crippen LogP contribution in [0.2, 0.25) is 0 Å². The first-order chi connectivity index (χ1) is 17.0. The van der Waals surface area contributed by atoms with E-state index in [-0.39, 0.29) is 5.43 Å². The highest BCUT2D eigenvalue weighted by Gasteiger charge is 2.20. The van der Waals surface area contributed by atoms with Crippen molar-refractivity contribution in [2.24, 2.45) is 0 Å². The van der Waals surface area contributed by atoms with Crippen LogP contribution >= 0.6 is 0 Å². The Kier molecular flexibility index (Phi) is 5.91. The van der Waals surface area contributed by atoms with Gasteiger partial charge in [-0.15, -0.1) is 0 Å². The standard InChI is InChI=1S/C28H24O7/c1-4-17-13-21-24(15-23(17)35-28(30)19-6-5-7-20(12-19)31-3)34-16(2)26(27(21)29)18-8-9-22-25(14-18)33-11-10-32-22/h5-9,12-15H,4,10-11H2,1-3H3. The minimum Gasteiger partial charge on any atom is -0.497 e. The highest BCUT2D eigenvalue weighted by atomic mass is 16.6. The fraction of sp³-hybridized carbons (Fsp3) is 0.214. The van der Waals surface area contributed by atoms with Gasteiger partial charge < -0.3 is 23.4 Å². The Labute approximate surface area is 201 Å². The third-order valence-electron chi connectivity index (χ3n) is 5.97. The summed E-state index contributed by atoms with van der Waals surface area (Å²) in [5.41, 5.74) is 2.41. The number of ether oxygens (including phenoxy) is 4. The molecule has 35 heavy (non-hydrogen) atoms. The molecule has 1 aromatic heterocycles. The number of fused-ring (bicyclic) bond motifs is 2. The van der Waals surface area contributed by atoms with E-state index in [9.17, 15) is 9.59 Å². The fourth-order valence-corrected chi connectivity index (χ4v) is 4.19. The third kappa shape index (κ3) is 4.21. The molecule has 0 fully saturated rings. The number of rotatable bonds is 5. The number of benzene rings is 3. The molecule has 0 spiro atoms. The van der Waals surface area contributed by atoms with E-state index >= 15 is 0 Å². The van der Waals surface area contributed by atoms with Crippen LogP contribution in [-0.2, 0) is 6.42 Å². The fourth-order valence-electron chi connectivity index (χ4n) is 4.19. The van der Waals surface area contributed by atoms with E-state index in [0.717, 1.165) is 5.56 Å². The third-order valence-corrected chi connectivity index (χ3v) is 5.97. The van der Waals surface area contributed by atoms with Crippen LogP contribution in [0.15, 0.2) is 63.8 Å². The van der Waals surface area contributed by atoms with E-state index in [1.807, 2.05) is 13.0 Å². The van der Waals surface area contributed by atoms with Gasteiger partial charge in [0, 0.05) is 6.07 Å². The molecular weight excluding hydrogens is 448 g/mol. The summed E-state index contributed by atoms with van der Waals surface area (Å²) >= 11 is 0. The zero-order valence-electron chi connectivity index (χ0n) is 19.7. The summed E-state index contributed by atoms with van der Waals surface area (Å²) in [4.78, 5) is 26.3. The van der Waals surface area contributed by atoms with Crippen molar-refractivity contribution in [1.29, 1.82) is 0 Å². The lowest BCUT2D eigenvalue weighted by Crippen LogP contribution is -2.15. The van der Waals surface area contributed by atoms with Gasteiger partial charge in [0.25, 0.3) is 0 Å². The average molecular weight is 472 g/mol. The number of hydrogen-bond acceptors (Lipinski definition) is 7. The topological polar surface area (TPSA) is 84.2 Å². The van der Waals surface area contributed by atoms with Crippen LogP contribution < -0.4 is 24.4 Å². The van der Waals surface area contributed by atoms with Crippen molar-refractivity contribution in [1.82, 2.24) is 0 Å². The van der Waals surface area contributed by atoms with Crippen molar-refractivity contribution in [2.45, 2.75) is 20.3 Å². The number of methoxy groups -OCH3 is 1. The predicted molar refractivity (Wildman–Crippen MR) is 131 cm³/mol. The van der Waals surface area contributed by atoms with Crippen LogP contribution in [0.4, 0.5) is 0 Å². The lowest BCUT2D eigenvalue weighted by molar-refractivity contribution is 0.0733. The van der Waals surface area contributed by atoms with Gasteiger partial charge in [0.15, 0.2) is 11.5 Å². The zero-order chi connectivity index (χ0) is 24.5. The molecule has 7 heteroatoms. The minimum atomic E-state index is -0.523. The van der Waals surface area contributed by atoms with Gasteiger partial charge in [0.1, 0.15) is 36.1 Å². The van der Waals surface area contributed by atoms with Crippen LogP contribution in [-0.4, -0.2) is 26.3 Å². The van der Waals surface area contributed by atoms with Crippen LogP contribution in [0.1, 0.15) is 28.6 Å². The monoisotopic (exact) mass is 472 g/mol. The normalized spacial score (nSPS) is 12.4. The minimum absolute atomic E-state index is 0.166. The van der Waals surface area contributed by atoms with E-state index in [1.165, 1.54) is 7.11 Å². The van der Waals surface area contributed by atoms with E-state index in [0.29, 0.717) is 76.1 Å². The Balaban J connectivity index is 1.56. The molecule has 7 nitrogen and oxygen atoms in total. The second-order valence-electron chi connectivity index (χ2n) is 8.15. The largest absolute Gasteiger partial charge is 0.497 e. The molecule has 0 aliphatic carbocycles. The van der Waals surface area contributed by atoms with Crippen molar-refractivity contribution in [2.75, 3.05) is 20.3 Å². The lowest BCUT2D eigenvalue weighted by atomic mass is 10.00. The van der Waals surface area contributed by atoms with E-state index in [1.54, 1.807) is 55.5 Å². The number of aryl methyl sites for hydroxylation is 2. The van der Waals surface area contributed by atoms with Gasteiger partial charge in [-0.2, -0.15) is 0 Å². The molecule has 0 bridgehead atoms. The molecule has 0 unspecified atom stereocenters. The van der Waals surface area contributed by atoms with Gasteiger partial charge in [0.2, 0.25) is 5.43 Å². The SMILES string of the molecule is CCc1cc2c(=O)c(-c3ccc4c(c3)OCCO4)c(C)oc2cc1OC(=O)c1cccc(OC)c1. The highest BCUT2D eigenvalue weighted by molar-refractivity contribution is 5.93. The van der Waals surface area contributed by atoms with E-state index < -0.39 is 5.97 Å². The maximum absolute atomic E-state index is 13.6. The first kappa shape index (κ1) is 22.5. The molecule has 0 amide bonds. The van der Waals surface area contributed by atoms with Crippen molar-refractivity contribution in [3.63, 3.8) is 0 Å². The van der Waals surface area contributed by atoms with Crippen LogP contribution in [0, 0.1) is 6.92 Å². The molecule has 0 saturated heterocycles. The summed E-state index contributed by atoms with van der Waals surface area (Å²) < 4.78 is 28.2. The average Bonchev–Trinajstić information content (AvgIpc) is 2.88. The predicted octanol–water partition coefficient (Wildman–Crippen LogP) is 5.33. The van der Waals surface area contributed by atoms with Gasteiger partial charge in [0.05, 0.1) is 23.6 Å². The Morgan fingerprint density at radius 2 is 1.80 bits per heavy atom. The molecule has 3 aromatic carbocycles. The summed E-state index contributed by atoms with van der Waals surface area (Å²) in [6.07, 6.45) is 0.559. The second kappa shape index (κ2) is 9.18. The summed E-state index contributed by atoms with van der Waals surface area (Å²) in [7, 11) is 1.53. The van der Waals surface area contributed by atoms with Crippen LogP contribution in [0.5, 0.6) is 23.0 Å². The summed E-state index contributed by atoms with van der Waals surface area (Å²) in [6.45, 7) is 4.62. The van der Waals surface area contributed by atoms with Gasteiger partial charge in [-0.05, 0) is 60.9 Å². The molecule has 2 heterocycles. The Hall–Kier alpha value is -4.26. The summed E-state index contributed by atoms with van der Waals surface area (Å²) in [6, 6.07) is 15.5. The maximum Gasteiger partial charge on any atom is 0.343 e. The molecule has 5 rings (SSSR count). The van der Waals surface area contributed by atoms with Crippen molar-refractivity contribution in [3.05, 3.63) is 81.7 Å². The van der Waals surface area contributed by atoms with Crippen molar-refractivity contribution in [3.8, 4) is 34.1 Å². The highest BCUT2D eigenvalue weighted by Crippen LogP contribution is 2.36. The van der Waals surface area contributed by atoms with Gasteiger partial charge >= 0.3 is 5.97 Å². The Morgan fingerprint density at radius 1 is 1.00 bits per heavy atom. The van der Waals surface area contributed by atoms with Crippen LogP contribution in [0.3, 0.4) is 0 Å². The molecular formula is C28H24O7. The zero-order valence-corrected chi connectivity index (χ0v) is 19.7. The molecule has 1 aliphatic rings. The van der Waals surface area contributed by atoms with Crippen molar-refractivity contribution < 1.29 is 28.2 Å². The Bertz CT molecular complexity index is 1500. The molecule has 4 aromatic rings. The quantitative estimate of drug-likeness (QED) is 0.287. The lowest BCUT2D eigenvalue weighted by Gasteiger charge is -2.19. The van der Waals surface area contributed by atoms with E-state index in [4.69, 9.17) is 23.4 Å². The first-order valence-electron chi connectivity index (χ1n) is 11.3. The second-order valence-corrected chi connectivity index (χ2v) is 8.15. The summed E-state index contributed by atoms with van der Waals surface area (Å²) in [5.74, 6) is 2.09.